The van der Waals surface area contributed by atoms with Gasteiger partial charge in [0.25, 0.3) is 0 Å². The largest absolute Gasteiger partial charge is 0.477 e. The molecule has 0 aromatic carbocycles. The van der Waals surface area contributed by atoms with E-state index in [4.69, 9.17) is 15.3 Å². The third kappa shape index (κ3) is 1.84. The summed E-state index contributed by atoms with van der Waals surface area (Å²) in [5, 5.41) is 8.94. The smallest absolute Gasteiger partial charge is 0.341 e. The van der Waals surface area contributed by atoms with E-state index in [-0.39, 0.29) is 11.4 Å². The van der Waals surface area contributed by atoms with E-state index in [1.54, 1.807) is 13.0 Å². The molecule has 0 aliphatic heterocycles. The summed E-state index contributed by atoms with van der Waals surface area (Å²) in [4.78, 5) is 19.0. The lowest BCUT2D eigenvalue weighted by Crippen LogP contribution is -2.10. The second-order valence-corrected chi connectivity index (χ2v) is 3.63. The summed E-state index contributed by atoms with van der Waals surface area (Å²) in [6.07, 6.45) is 1.52. The zero-order valence-corrected chi connectivity index (χ0v) is 9.39. The van der Waals surface area contributed by atoms with Crippen molar-refractivity contribution < 1.29 is 14.3 Å². The average Bonchev–Trinajstić information content (AvgIpc) is 2.62. The van der Waals surface area contributed by atoms with Crippen LogP contribution in [-0.4, -0.2) is 21.0 Å². The van der Waals surface area contributed by atoms with Gasteiger partial charge in [0.05, 0.1) is 12.0 Å². The highest BCUT2D eigenvalue weighted by atomic mass is 16.4. The maximum atomic E-state index is 10.9. The molecule has 0 unspecified atom stereocenters. The van der Waals surface area contributed by atoms with Crippen LogP contribution < -0.4 is 5.73 Å². The van der Waals surface area contributed by atoms with Crippen molar-refractivity contribution in [2.75, 3.05) is 5.73 Å². The van der Waals surface area contributed by atoms with Gasteiger partial charge in [0.2, 0.25) is 0 Å². The van der Waals surface area contributed by atoms with Gasteiger partial charge in [0.1, 0.15) is 11.4 Å². The molecule has 2 heterocycles. The highest BCUT2D eigenvalue weighted by Crippen LogP contribution is 2.23. The van der Waals surface area contributed by atoms with Crippen LogP contribution in [0, 0.1) is 13.8 Å². The first kappa shape index (κ1) is 11.1. The van der Waals surface area contributed by atoms with Crippen LogP contribution in [0.1, 0.15) is 21.6 Å². The quantitative estimate of drug-likeness (QED) is 0.817. The molecule has 6 heteroatoms. The third-order valence-corrected chi connectivity index (χ3v) is 2.40. The summed E-state index contributed by atoms with van der Waals surface area (Å²) in [7, 11) is 0. The minimum Gasteiger partial charge on any atom is -0.477 e. The Morgan fingerprint density at radius 3 is 2.59 bits per heavy atom. The summed E-state index contributed by atoms with van der Waals surface area (Å²) in [5.41, 5.74) is 6.72. The van der Waals surface area contributed by atoms with Gasteiger partial charge in [-0.25, -0.2) is 14.8 Å². The van der Waals surface area contributed by atoms with Gasteiger partial charge in [-0.15, -0.1) is 0 Å². The summed E-state index contributed by atoms with van der Waals surface area (Å²) >= 11 is 0. The molecule has 2 aromatic rings. The zero-order chi connectivity index (χ0) is 12.6. The number of hydrogen-bond acceptors (Lipinski definition) is 5. The van der Waals surface area contributed by atoms with E-state index in [1.807, 2.05) is 6.92 Å². The van der Waals surface area contributed by atoms with Gasteiger partial charge in [-0.3, -0.25) is 0 Å². The van der Waals surface area contributed by atoms with Gasteiger partial charge in [0, 0.05) is 0 Å². The van der Waals surface area contributed by atoms with Gasteiger partial charge in [-0.2, -0.15) is 0 Å². The van der Waals surface area contributed by atoms with Crippen molar-refractivity contribution in [3.05, 3.63) is 29.2 Å². The van der Waals surface area contributed by atoms with E-state index in [0.717, 1.165) is 5.56 Å². The molecule has 0 amide bonds. The van der Waals surface area contributed by atoms with Crippen molar-refractivity contribution in [1.29, 1.82) is 0 Å². The minimum absolute atomic E-state index is 0.0594. The molecule has 6 nitrogen and oxygen atoms in total. The number of carbonyl (C=O) groups is 1. The maximum Gasteiger partial charge on any atom is 0.341 e. The SMILES string of the molecule is Cc1ccoc1-c1nc(C)c(C(=O)O)c(N)n1. The first-order valence-electron chi connectivity index (χ1n) is 4.92. The molecule has 0 saturated carbocycles. The maximum absolute atomic E-state index is 10.9. The van der Waals surface area contributed by atoms with Crippen molar-refractivity contribution >= 4 is 11.8 Å². The second-order valence-electron chi connectivity index (χ2n) is 3.63. The molecule has 2 aromatic heterocycles. The van der Waals surface area contributed by atoms with Gasteiger partial charge >= 0.3 is 5.97 Å². The Labute approximate surface area is 97.1 Å². The van der Waals surface area contributed by atoms with E-state index in [1.165, 1.54) is 6.26 Å². The lowest BCUT2D eigenvalue weighted by atomic mass is 10.2. The normalized spacial score (nSPS) is 10.5. The summed E-state index contributed by atoms with van der Waals surface area (Å²) < 4.78 is 5.23. The number of nitrogen functional groups attached to an aromatic ring is 1. The number of nitrogens with two attached hydrogens (primary N) is 1. The topological polar surface area (TPSA) is 102 Å². The number of aryl methyl sites for hydroxylation is 2. The molecule has 0 saturated heterocycles. The van der Waals surface area contributed by atoms with Crippen molar-refractivity contribution in [2.45, 2.75) is 13.8 Å². The van der Waals surface area contributed by atoms with Gasteiger partial charge in [-0.1, -0.05) is 0 Å². The number of furan rings is 1. The predicted molar refractivity (Wildman–Crippen MR) is 60.6 cm³/mol. The first-order chi connectivity index (χ1) is 8.00. The molecule has 0 radical (unpaired) electrons. The number of carboxylic acid groups (broad SMARTS) is 1. The molecule has 0 aliphatic carbocycles. The molecular formula is C11H11N3O3. The second kappa shape index (κ2) is 3.89. The van der Waals surface area contributed by atoms with Crippen LogP contribution in [0.4, 0.5) is 5.82 Å². The van der Waals surface area contributed by atoms with Crippen LogP contribution in [0.5, 0.6) is 0 Å². The number of aromatic carboxylic acids is 1. The molecule has 3 N–H and O–H groups in total. The number of anilines is 1. The van der Waals surface area contributed by atoms with Gasteiger partial charge in [0.15, 0.2) is 11.6 Å². The Morgan fingerprint density at radius 1 is 1.41 bits per heavy atom. The number of nitrogens with zero attached hydrogens (tertiary/aromatic N) is 2. The Hall–Kier alpha value is -2.37. The Morgan fingerprint density at radius 2 is 2.12 bits per heavy atom. The Bertz CT molecular complexity index is 566. The molecule has 17 heavy (non-hydrogen) atoms. The monoisotopic (exact) mass is 233 g/mol. The van der Waals surface area contributed by atoms with Crippen LogP contribution in [0.3, 0.4) is 0 Å². The molecule has 0 atom stereocenters. The number of rotatable bonds is 2. The molecule has 2 rings (SSSR count). The molecule has 0 bridgehead atoms. The van der Waals surface area contributed by atoms with Crippen LogP contribution in [0.25, 0.3) is 11.6 Å². The van der Waals surface area contributed by atoms with Gasteiger partial charge in [-0.05, 0) is 25.5 Å². The van der Waals surface area contributed by atoms with Crippen LogP contribution >= 0.6 is 0 Å². The van der Waals surface area contributed by atoms with E-state index >= 15 is 0 Å². The van der Waals surface area contributed by atoms with Crippen molar-refractivity contribution in [3.63, 3.8) is 0 Å². The van der Waals surface area contributed by atoms with Gasteiger partial charge < -0.3 is 15.3 Å². The average molecular weight is 233 g/mol. The van der Waals surface area contributed by atoms with Crippen molar-refractivity contribution in [3.8, 4) is 11.6 Å². The molecule has 0 spiro atoms. The van der Waals surface area contributed by atoms with Crippen LogP contribution in [-0.2, 0) is 0 Å². The molecule has 0 aliphatic rings. The number of carboxylic acids is 1. The lowest BCUT2D eigenvalue weighted by molar-refractivity contribution is 0.0696. The van der Waals surface area contributed by atoms with Crippen molar-refractivity contribution in [2.24, 2.45) is 0 Å². The summed E-state index contributed by atoms with van der Waals surface area (Å²) in [6.45, 7) is 3.42. The summed E-state index contributed by atoms with van der Waals surface area (Å²) in [5.74, 6) is -0.400. The number of hydrogen-bond donors (Lipinski definition) is 2. The van der Waals surface area contributed by atoms with E-state index in [2.05, 4.69) is 9.97 Å². The lowest BCUT2D eigenvalue weighted by Gasteiger charge is -2.05. The fourth-order valence-corrected chi connectivity index (χ4v) is 1.56. The standard InChI is InChI=1S/C11H11N3O3/c1-5-3-4-17-8(5)10-13-6(2)7(11(15)16)9(12)14-10/h3-4H,1-2H3,(H,15,16)(H2,12,13,14). The highest BCUT2D eigenvalue weighted by molar-refractivity contribution is 5.94. The van der Waals surface area contributed by atoms with Crippen molar-refractivity contribution in [1.82, 2.24) is 9.97 Å². The molecule has 0 fully saturated rings. The van der Waals surface area contributed by atoms with Crippen LogP contribution in [0.2, 0.25) is 0 Å². The summed E-state index contributed by atoms with van der Waals surface area (Å²) in [6, 6.07) is 1.77. The first-order valence-corrected chi connectivity index (χ1v) is 4.92. The molecular weight excluding hydrogens is 222 g/mol. The third-order valence-electron chi connectivity index (χ3n) is 2.40. The zero-order valence-electron chi connectivity index (χ0n) is 9.39. The van der Waals surface area contributed by atoms with E-state index < -0.39 is 5.97 Å². The highest BCUT2D eigenvalue weighted by Gasteiger charge is 2.18. The fraction of sp³-hybridized carbons (Fsp3) is 0.182. The Balaban J connectivity index is 2.61. The molecule has 88 valence electrons. The van der Waals surface area contributed by atoms with Crippen LogP contribution in [0.15, 0.2) is 16.7 Å². The Kier molecular flexibility index (Phi) is 2.55. The van der Waals surface area contributed by atoms with E-state index in [0.29, 0.717) is 17.3 Å². The number of aromatic nitrogens is 2. The predicted octanol–water partition coefficient (Wildman–Crippen LogP) is 1.63. The minimum atomic E-state index is -1.14. The van der Waals surface area contributed by atoms with E-state index in [9.17, 15) is 4.79 Å². The fourth-order valence-electron chi connectivity index (χ4n) is 1.56.